The molecule has 0 saturated carbocycles. The van der Waals surface area contributed by atoms with Crippen molar-refractivity contribution in [2.75, 3.05) is 5.32 Å². The summed E-state index contributed by atoms with van der Waals surface area (Å²) >= 11 is 3.46. The molecule has 0 aliphatic rings. The SMILES string of the molecule is CC#Cc1ccccc1Nc1cccc(Br)c1. The molecule has 0 unspecified atom stereocenters. The zero-order valence-electron chi connectivity index (χ0n) is 9.50. The second-order valence-corrected chi connectivity index (χ2v) is 4.47. The molecule has 0 aliphatic heterocycles. The van der Waals surface area contributed by atoms with Gasteiger partial charge in [-0.3, -0.25) is 0 Å². The topological polar surface area (TPSA) is 12.0 Å². The van der Waals surface area contributed by atoms with Gasteiger partial charge in [-0.2, -0.15) is 0 Å². The lowest BCUT2D eigenvalue weighted by atomic mass is 10.1. The monoisotopic (exact) mass is 285 g/mol. The van der Waals surface area contributed by atoms with Crippen LogP contribution in [0.4, 0.5) is 11.4 Å². The summed E-state index contributed by atoms with van der Waals surface area (Å²) in [5, 5.41) is 3.37. The molecule has 0 amide bonds. The number of benzene rings is 2. The van der Waals surface area contributed by atoms with Crippen molar-refractivity contribution in [3.63, 3.8) is 0 Å². The van der Waals surface area contributed by atoms with Crippen LogP contribution in [0, 0.1) is 11.8 Å². The zero-order chi connectivity index (χ0) is 12.1. The molecule has 1 nitrogen and oxygen atoms in total. The molecule has 0 bridgehead atoms. The van der Waals surface area contributed by atoms with E-state index in [4.69, 9.17) is 0 Å². The van der Waals surface area contributed by atoms with Crippen LogP contribution in [0.15, 0.2) is 53.0 Å². The minimum Gasteiger partial charge on any atom is -0.354 e. The normalized spacial score (nSPS) is 9.29. The lowest BCUT2D eigenvalue weighted by Crippen LogP contribution is -1.93. The van der Waals surface area contributed by atoms with Crippen molar-refractivity contribution in [1.29, 1.82) is 0 Å². The van der Waals surface area contributed by atoms with Gasteiger partial charge >= 0.3 is 0 Å². The van der Waals surface area contributed by atoms with Crippen molar-refractivity contribution in [2.45, 2.75) is 6.92 Å². The van der Waals surface area contributed by atoms with Gasteiger partial charge < -0.3 is 5.32 Å². The molecule has 0 fully saturated rings. The largest absolute Gasteiger partial charge is 0.354 e. The molecule has 0 aromatic heterocycles. The van der Waals surface area contributed by atoms with E-state index in [1.54, 1.807) is 0 Å². The Labute approximate surface area is 110 Å². The van der Waals surface area contributed by atoms with Crippen LogP contribution >= 0.6 is 15.9 Å². The van der Waals surface area contributed by atoms with Crippen LogP contribution in [0.1, 0.15) is 12.5 Å². The number of para-hydroxylation sites is 1. The summed E-state index contributed by atoms with van der Waals surface area (Å²) in [5.41, 5.74) is 3.08. The van der Waals surface area contributed by atoms with E-state index in [2.05, 4.69) is 33.1 Å². The van der Waals surface area contributed by atoms with Gasteiger partial charge in [0, 0.05) is 15.7 Å². The van der Waals surface area contributed by atoms with E-state index in [1.807, 2.05) is 55.5 Å². The lowest BCUT2D eigenvalue weighted by Gasteiger charge is -2.08. The molecule has 17 heavy (non-hydrogen) atoms. The van der Waals surface area contributed by atoms with Gasteiger partial charge in [0.15, 0.2) is 0 Å². The highest BCUT2D eigenvalue weighted by atomic mass is 79.9. The highest BCUT2D eigenvalue weighted by Crippen LogP contribution is 2.22. The first-order valence-corrected chi connectivity index (χ1v) is 6.13. The average Bonchev–Trinajstić information content (AvgIpc) is 2.32. The van der Waals surface area contributed by atoms with Crippen LogP contribution < -0.4 is 5.32 Å². The van der Waals surface area contributed by atoms with Crippen LogP contribution in [0.3, 0.4) is 0 Å². The van der Waals surface area contributed by atoms with Crippen molar-refractivity contribution < 1.29 is 0 Å². The molecule has 0 heterocycles. The maximum absolute atomic E-state index is 3.46. The summed E-state index contributed by atoms with van der Waals surface area (Å²) in [7, 11) is 0. The van der Waals surface area contributed by atoms with E-state index in [-0.39, 0.29) is 0 Å². The number of halogens is 1. The Morgan fingerprint density at radius 2 is 1.88 bits per heavy atom. The minimum atomic E-state index is 1.01. The highest BCUT2D eigenvalue weighted by molar-refractivity contribution is 9.10. The van der Waals surface area contributed by atoms with Gasteiger partial charge in [-0.1, -0.05) is 40.0 Å². The third-order valence-electron chi connectivity index (χ3n) is 2.29. The van der Waals surface area contributed by atoms with Crippen molar-refractivity contribution in [3.8, 4) is 11.8 Å². The van der Waals surface area contributed by atoms with E-state index in [0.29, 0.717) is 0 Å². The van der Waals surface area contributed by atoms with Gasteiger partial charge in [0.1, 0.15) is 0 Å². The van der Waals surface area contributed by atoms with Crippen LogP contribution in [0.25, 0.3) is 0 Å². The zero-order valence-corrected chi connectivity index (χ0v) is 11.1. The van der Waals surface area contributed by atoms with Crippen LogP contribution in [-0.2, 0) is 0 Å². The number of nitrogens with one attached hydrogen (secondary N) is 1. The standard InChI is InChI=1S/C15H12BrN/c1-2-6-12-7-3-4-10-15(12)17-14-9-5-8-13(16)11-14/h3-5,7-11,17H,1H3. The molecule has 0 aliphatic carbocycles. The molecule has 2 heteroatoms. The molecule has 0 saturated heterocycles. The van der Waals surface area contributed by atoms with Crippen LogP contribution in [0.2, 0.25) is 0 Å². The summed E-state index contributed by atoms with van der Waals surface area (Å²) in [4.78, 5) is 0. The van der Waals surface area contributed by atoms with Crippen molar-refractivity contribution in [2.24, 2.45) is 0 Å². The predicted molar refractivity (Wildman–Crippen MR) is 76.4 cm³/mol. The smallest absolute Gasteiger partial charge is 0.0543 e. The minimum absolute atomic E-state index is 1.01. The molecule has 0 radical (unpaired) electrons. The maximum atomic E-state index is 3.46. The quantitative estimate of drug-likeness (QED) is 0.798. The summed E-state index contributed by atoms with van der Waals surface area (Å²) < 4.78 is 1.06. The molecule has 2 aromatic rings. The Hall–Kier alpha value is -1.72. The first kappa shape index (κ1) is 11.8. The Morgan fingerprint density at radius 1 is 1.06 bits per heavy atom. The molecule has 2 aromatic carbocycles. The highest BCUT2D eigenvalue weighted by Gasteiger charge is 1.99. The average molecular weight is 286 g/mol. The third kappa shape index (κ3) is 3.12. The lowest BCUT2D eigenvalue weighted by molar-refractivity contribution is 1.51. The fourth-order valence-electron chi connectivity index (χ4n) is 1.56. The summed E-state index contributed by atoms with van der Waals surface area (Å²) in [6.45, 7) is 1.84. The summed E-state index contributed by atoms with van der Waals surface area (Å²) in [5.74, 6) is 6.01. The van der Waals surface area contributed by atoms with E-state index in [9.17, 15) is 0 Å². The Morgan fingerprint density at radius 3 is 2.65 bits per heavy atom. The first-order valence-electron chi connectivity index (χ1n) is 5.34. The first-order chi connectivity index (χ1) is 8.29. The van der Waals surface area contributed by atoms with Crippen LogP contribution in [-0.4, -0.2) is 0 Å². The fourth-order valence-corrected chi connectivity index (χ4v) is 1.96. The van der Waals surface area contributed by atoms with Gasteiger partial charge in [-0.15, -0.1) is 5.92 Å². The van der Waals surface area contributed by atoms with Crippen molar-refractivity contribution in [3.05, 3.63) is 58.6 Å². The number of hydrogen-bond donors (Lipinski definition) is 1. The van der Waals surface area contributed by atoms with Gasteiger partial charge in [-0.05, 0) is 37.3 Å². The molecular weight excluding hydrogens is 274 g/mol. The van der Waals surface area contributed by atoms with Crippen LogP contribution in [0.5, 0.6) is 0 Å². The summed E-state index contributed by atoms with van der Waals surface area (Å²) in [6, 6.07) is 16.1. The van der Waals surface area contributed by atoms with Crippen molar-refractivity contribution >= 4 is 27.3 Å². The van der Waals surface area contributed by atoms with E-state index < -0.39 is 0 Å². The molecule has 2 rings (SSSR count). The molecule has 0 atom stereocenters. The number of anilines is 2. The number of hydrogen-bond acceptors (Lipinski definition) is 1. The van der Waals surface area contributed by atoms with Gasteiger partial charge in [0.25, 0.3) is 0 Å². The molecule has 84 valence electrons. The third-order valence-corrected chi connectivity index (χ3v) is 2.78. The molecule has 0 spiro atoms. The van der Waals surface area contributed by atoms with E-state index in [1.165, 1.54) is 0 Å². The Balaban J connectivity index is 2.32. The van der Waals surface area contributed by atoms with Gasteiger partial charge in [0.2, 0.25) is 0 Å². The van der Waals surface area contributed by atoms with Crippen molar-refractivity contribution in [1.82, 2.24) is 0 Å². The second kappa shape index (κ2) is 5.56. The Kier molecular flexibility index (Phi) is 3.85. The van der Waals surface area contributed by atoms with E-state index >= 15 is 0 Å². The number of rotatable bonds is 2. The van der Waals surface area contributed by atoms with E-state index in [0.717, 1.165) is 21.4 Å². The summed E-state index contributed by atoms with van der Waals surface area (Å²) in [6.07, 6.45) is 0. The second-order valence-electron chi connectivity index (χ2n) is 3.56. The predicted octanol–water partition coefficient (Wildman–Crippen LogP) is 4.56. The molecular formula is C15H12BrN. The molecule has 1 N–H and O–H groups in total. The van der Waals surface area contributed by atoms with Gasteiger partial charge in [-0.25, -0.2) is 0 Å². The fraction of sp³-hybridized carbons (Fsp3) is 0.0667. The van der Waals surface area contributed by atoms with Gasteiger partial charge in [0.05, 0.1) is 5.69 Å². The Bertz CT molecular complexity index is 579. The maximum Gasteiger partial charge on any atom is 0.0543 e.